The van der Waals surface area contributed by atoms with Crippen LogP contribution in [-0.4, -0.2) is 25.5 Å². The van der Waals surface area contributed by atoms with Crippen LogP contribution in [0.4, 0.5) is 10.1 Å². The van der Waals surface area contributed by atoms with Crippen molar-refractivity contribution in [3.05, 3.63) is 95.3 Å². The molecule has 2 N–H and O–H groups in total. The van der Waals surface area contributed by atoms with Crippen LogP contribution in [0.2, 0.25) is 0 Å². The lowest BCUT2D eigenvalue weighted by Gasteiger charge is -2.08. The second-order valence-corrected chi connectivity index (χ2v) is 6.39. The van der Waals surface area contributed by atoms with E-state index in [9.17, 15) is 14.0 Å². The molecule has 3 rings (SSSR count). The van der Waals surface area contributed by atoms with Crippen LogP contribution in [0.15, 0.2) is 72.8 Å². The average molecular weight is 392 g/mol. The number of hydrogen-bond acceptors (Lipinski definition) is 3. The first-order valence-electron chi connectivity index (χ1n) is 9.13. The number of halogens is 1. The summed E-state index contributed by atoms with van der Waals surface area (Å²) in [5.41, 5.74) is 2.50. The number of rotatable bonds is 7. The molecule has 29 heavy (non-hydrogen) atoms. The highest BCUT2D eigenvalue weighted by atomic mass is 19.1. The van der Waals surface area contributed by atoms with Gasteiger partial charge in [-0.2, -0.15) is 0 Å². The summed E-state index contributed by atoms with van der Waals surface area (Å²) in [4.78, 5) is 24.6. The summed E-state index contributed by atoms with van der Waals surface area (Å²) >= 11 is 0. The zero-order valence-corrected chi connectivity index (χ0v) is 15.9. The molecule has 0 heterocycles. The van der Waals surface area contributed by atoms with Gasteiger partial charge in [0.05, 0.1) is 7.11 Å². The summed E-state index contributed by atoms with van der Waals surface area (Å²) in [5.74, 6) is -0.0700. The fraction of sp³-hybridized carbons (Fsp3) is 0.130. The van der Waals surface area contributed by atoms with Crippen molar-refractivity contribution in [3.63, 3.8) is 0 Å². The lowest BCUT2D eigenvalue weighted by Crippen LogP contribution is -2.25. The SMILES string of the molecule is COc1ccc(NC(=O)c2ccc(C(=O)NCCc3ccc(F)cc3)cc2)cc1. The van der Waals surface area contributed by atoms with Gasteiger partial charge in [0.2, 0.25) is 0 Å². The van der Waals surface area contributed by atoms with Gasteiger partial charge in [-0.25, -0.2) is 4.39 Å². The summed E-state index contributed by atoms with van der Waals surface area (Å²) in [7, 11) is 1.58. The first-order valence-corrected chi connectivity index (χ1v) is 9.13. The molecule has 0 aliphatic rings. The largest absolute Gasteiger partial charge is 0.497 e. The second-order valence-electron chi connectivity index (χ2n) is 6.39. The number of amides is 2. The molecule has 0 aliphatic carbocycles. The highest BCUT2D eigenvalue weighted by Gasteiger charge is 2.09. The molecule has 0 bridgehead atoms. The topological polar surface area (TPSA) is 67.4 Å². The minimum absolute atomic E-state index is 0.228. The third-order valence-corrected chi connectivity index (χ3v) is 4.37. The Balaban J connectivity index is 1.52. The maximum absolute atomic E-state index is 12.9. The van der Waals surface area contributed by atoms with Crippen LogP contribution >= 0.6 is 0 Å². The lowest BCUT2D eigenvalue weighted by molar-refractivity contribution is 0.0952. The molecule has 0 saturated heterocycles. The van der Waals surface area contributed by atoms with Gasteiger partial charge in [0.15, 0.2) is 0 Å². The Kier molecular flexibility index (Phi) is 6.58. The van der Waals surface area contributed by atoms with Crippen LogP contribution in [0.3, 0.4) is 0 Å². The molecule has 3 aromatic carbocycles. The molecule has 0 atom stereocenters. The van der Waals surface area contributed by atoms with Gasteiger partial charge in [-0.05, 0) is 72.6 Å². The third-order valence-electron chi connectivity index (χ3n) is 4.37. The molecular formula is C23H21FN2O3. The molecule has 0 aliphatic heterocycles. The van der Waals surface area contributed by atoms with Gasteiger partial charge in [0.25, 0.3) is 11.8 Å². The zero-order valence-electron chi connectivity index (χ0n) is 15.9. The Morgan fingerprint density at radius 1 is 0.828 bits per heavy atom. The van der Waals surface area contributed by atoms with Crippen molar-refractivity contribution >= 4 is 17.5 Å². The normalized spacial score (nSPS) is 10.3. The summed E-state index contributed by atoms with van der Waals surface area (Å²) < 4.78 is 18.0. The molecular weight excluding hydrogens is 371 g/mol. The molecule has 0 saturated carbocycles. The van der Waals surface area contributed by atoms with E-state index in [1.165, 1.54) is 12.1 Å². The highest BCUT2D eigenvalue weighted by Crippen LogP contribution is 2.16. The first-order chi connectivity index (χ1) is 14.0. The predicted molar refractivity (Wildman–Crippen MR) is 110 cm³/mol. The van der Waals surface area contributed by atoms with E-state index in [4.69, 9.17) is 4.74 Å². The van der Waals surface area contributed by atoms with Gasteiger partial charge >= 0.3 is 0 Å². The van der Waals surface area contributed by atoms with Crippen LogP contribution in [0.1, 0.15) is 26.3 Å². The Morgan fingerprint density at radius 2 is 1.41 bits per heavy atom. The maximum atomic E-state index is 12.9. The number of anilines is 1. The smallest absolute Gasteiger partial charge is 0.255 e. The first kappa shape index (κ1) is 20.1. The van der Waals surface area contributed by atoms with Crippen molar-refractivity contribution in [3.8, 4) is 5.75 Å². The fourth-order valence-electron chi connectivity index (χ4n) is 2.72. The average Bonchev–Trinajstić information content (AvgIpc) is 2.75. The quantitative estimate of drug-likeness (QED) is 0.637. The summed E-state index contributed by atoms with van der Waals surface area (Å²) in [5, 5.41) is 5.61. The van der Waals surface area contributed by atoms with E-state index >= 15 is 0 Å². The van der Waals surface area contributed by atoms with E-state index in [-0.39, 0.29) is 17.6 Å². The number of hydrogen-bond donors (Lipinski definition) is 2. The van der Waals surface area contributed by atoms with E-state index in [0.29, 0.717) is 35.5 Å². The van der Waals surface area contributed by atoms with Gasteiger partial charge in [0.1, 0.15) is 11.6 Å². The van der Waals surface area contributed by atoms with Crippen molar-refractivity contribution in [2.75, 3.05) is 19.0 Å². The van der Waals surface area contributed by atoms with Gasteiger partial charge in [-0.3, -0.25) is 9.59 Å². The molecule has 0 fully saturated rings. The molecule has 0 unspecified atom stereocenters. The minimum atomic E-state index is -0.283. The maximum Gasteiger partial charge on any atom is 0.255 e. The zero-order chi connectivity index (χ0) is 20.6. The van der Waals surface area contributed by atoms with E-state index in [2.05, 4.69) is 10.6 Å². The van der Waals surface area contributed by atoms with E-state index in [1.54, 1.807) is 67.8 Å². The van der Waals surface area contributed by atoms with Crippen molar-refractivity contribution in [2.45, 2.75) is 6.42 Å². The van der Waals surface area contributed by atoms with Crippen LogP contribution in [0.25, 0.3) is 0 Å². The lowest BCUT2D eigenvalue weighted by atomic mass is 10.1. The Labute approximate surface area is 168 Å². The van der Waals surface area contributed by atoms with Gasteiger partial charge < -0.3 is 15.4 Å². The molecule has 0 aromatic heterocycles. The fourth-order valence-corrected chi connectivity index (χ4v) is 2.72. The summed E-state index contributed by atoms with van der Waals surface area (Å²) in [6, 6.07) is 19.6. The van der Waals surface area contributed by atoms with Crippen LogP contribution in [0.5, 0.6) is 5.75 Å². The second kappa shape index (κ2) is 9.50. The Morgan fingerprint density at radius 3 is 2.00 bits per heavy atom. The van der Waals surface area contributed by atoms with Crippen LogP contribution in [-0.2, 0) is 6.42 Å². The van der Waals surface area contributed by atoms with Gasteiger partial charge in [0, 0.05) is 23.4 Å². The number of benzene rings is 3. The van der Waals surface area contributed by atoms with E-state index in [0.717, 1.165) is 5.56 Å². The number of carbonyl (C=O) groups excluding carboxylic acids is 2. The Hall–Kier alpha value is -3.67. The van der Waals surface area contributed by atoms with Crippen LogP contribution < -0.4 is 15.4 Å². The number of carbonyl (C=O) groups is 2. The van der Waals surface area contributed by atoms with Crippen molar-refractivity contribution < 1.29 is 18.7 Å². The Bertz CT molecular complexity index is 969. The molecule has 3 aromatic rings. The van der Waals surface area contributed by atoms with Crippen molar-refractivity contribution in [2.24, 2.45) is 0 Å². The molecule has 0 radical (unpaired) electrons. The van der Waals surface area contributed by atoms with Crippen molar-refractivity contribution in [1.82, 2.24) is 5.32 Å². The molecule has 0 spiro atoms. The molecule has 148 valence electrons. The molecule has 2 amide bonds. The van der Waals surface area contributed by atoms with Gasteiger partial charge in [-0.15, -0.1) is 0 Å². The monoisotopic (exact) mass is 392 g/mol. The van der Waals surface area contributed by atoms with E-state index in [1.807, 2.05) is 0 Å². The predicted octanol–water partition coefficient (Wildman–Crippen LogP) is 4.06. The number of ether oxygens (including phenoxy) is 1. The summed E-state index contributed by atoms with van der Waals surface area (Å²) in [6.45, 7) is 0.435. The molecule has 6 heteroatoms. The molecule has 5 nitrogen and oxygen atoms in total. The third kappa shape index (κ3) is 5.65. The number of nitrogens with one attached hydrogen (secondary N) is 2. The standard InChI is InChI=1S/C23H21FN2O3/c1-29-21-12-10-20(11-13-21)26-23(28)18-6-4-17(5-7-18)22(27)25-15-14-16-2-8-19(24)9-3-16/h2-13H,14-15H2,1H3,(H,25,27)(H,26,28). The summed E-state index contributed by atoms with van der Waals surface area (Å²) in [6.07, 6.45) is 0.606. The van der Waals surface area contributed by atoms with Crippen molar-refractivity contribution in [1.29, 1.82) is 0 Å². The van der Waals surface area contributed by atoms with Gasteiger partial charge in [-0.1, -0.05) is 12.1 Å². The highest BCUT2D eigenvalue weighted by molar-refractivity contribution is 6.05. The number of methoxy groups -OCH3 is 1. The van der Waals surface area contributed by atoms with E-state index < -0.39 is 0 Å². The van der Waals surface area contributed by atoms with Crippen LogP contribution in [0, 0.1) is 5.82 Å². The minimum Gasteiger partial charge on any atom is -0.497 e.